The minimum absolute atomic E-state index is 0.520. The predicted molar refractivity (Wildman–Crippen MR) is 81.5 cm³/mol. The van der Waals surface area contributed by atoms with Gasteiger partial charge in [-0.15, -0.1) is 11.3 Å². The van der Waals surface area contributed by atoms with Gasteiger partial charge in [0.25, 0.3) is 0 Å². The summed E-state index contributed by atoms with van der Waals surface area (Å²) in [6.45, 7) is 1.96. The highest BCUT2D eigenvalue weighted by Crippen LogP contribution is 2.34. The van der Waals surface area contributed by atoms with Gasteiger partial charge in [0.2, 0.25) is 0 Å². The number of H-pyrrole nitrogens is 1. The summed E-state index contributed by atoms with van der Waals surface area (Å²) in [5.41, 5.74) is 8.25. The summed E-state index contributed by atoms with van der Waals surface area (Å²) in [5.74, 6) is 0. The Kier molecular flexibility index (Phi) is 3.29. The van der Waals surface area contributed by atoms with Crippen LogP contribution in [0.1, 0.15) is 23.1 Å². The standard InChI is InChI=1S/C15H13N5S/c1-15(17,11-2-4-18-5-3-11)13-9-20-14(21-13)10-6-12(7-16)19-8-10/h2-6,8-9,19H,17H2,1H3. The summed E-state index contributed by atoms with van der Waals surface area (Å²) >= 11 is 1.53. The smallest absolute Gasteiger partial charge is 0.125 e. The van der Waals surface area contributed by atoms with Gasteiger partial charge in [0.1, 0.15) is 16.8 Å². The van der Waals surface area contributed by atoms with Gasteiger partial charge < -0.3 is 10.7 Å². The van der Waals surface area contributed by atoms with Gasteiger partial charge in [-0.3, -0.25) is 4.98 Å². The molecule has 0 saturated carbocycles. The first-order chi connectivity index (χ1) is 10.1. The van der Waals surface area contributed by atoms with E-state index < -0.39 is 5.54 Å². The molecule has 0 radical (unpaired) electrons. The molecule has 5 nitrogen and oxygen atoms in total. The number of nitrogens with zero attached hydrogens (tertiary/aromatic N) is 3. The first kappa shape index (κ1) is 13.5. The molecular formula is C15H13N5S. The summed E-state index contributed by atoms with van der Waals surface area (Å²) in [6.07, 6.45) is 7.03. The van der Waals surface area contributed by atoms with E-state index in [-0.39, 0.29) is 0 Å². The summed E-state index contributed by atoms with van der Waals surface area (Å²) in [7, 11) is 0. The van der Waals surface area contributed by atoms with Gasteiger partial charge in [-0.2, -0.15) is 5.26 Å². The third-order valence-corrected chi connectivity index (χ3v) is 4.63. The van der Waals surface area contributed by atoms with Crippen LogP contribution in [0.3, 0.4) is 0 Å². The van der Waals surface area contributed by atoms with Crippen molar-refractivity contribution in [3.63, 3.8) is 0 Å². The lowest BCUT2D eigenvalue weighted by Crippen LogP contribution is -2.33. The average molecular weight is 295 g/mol. The van der Waals surface area contributed by atoms with Crippen molar-refractivity contribution in [2.24, 2.45) is 5.73 Å². The lowest BCUT2D eigenvalue weighted by Gasteiger charge is -2.22. The second-order valence-corrected chi connectivity index (χ2v) is 5.91. The van der Waals surface area contributed by atoms with E-state index in [0.717, 1.165) is 21.0 Å². The Balaban J connectivity index is 1.96. The minimum Gasteiger partial charge on any atom is -0.352 e. The molecule has 0 saturated heterocycles. The molecule has 3 aromatic heterocycles. The van der Waals surface area contributed by atoms with Crippen LogP contribution < -0.4 is 5.73 Å². The van der Waals surface area contributed by atoms with Gasteiger partial charge in [-0.25, -0.2) is 4.98 Å². The molecule has 0 aliphatic heterocycles. The first-order valence-corrected chi connectivity index (χ1v) is 7.17. The van der Waals surface area contributed by atoms with E-state index in [2.05, 4.69) is 21.0 Å². The second-order valence-electron chi connectivity index (χ2n) is 4.88. The van der Waals surface area contributed by atoms with Crippen LogP contribution >= 0.6 is 11.3 Å². The molecule has 0 bridgehead atoms. The zero-order valence-electron chi connectivity index (χ0n) is 11.4. The maximum absolute atomic E-state index is 8.86. The fourth-order valence-corrected chi connectivity index (χ4v) is 3.06. The van der Waals surface area contributed by atoms with Crippen LogP contribution in [0.2, 0.25) is 0 Å². The van der Waals surface area contributed by atoms with Gasteiger partial charge >= 0.3 is 0 Å². The summed E-state index contributed by atoms with van der Waals surface area (Å²) < 4.78 is 0. The molecule has 3 N–H and O–H groups in total. The number of hydrogen-bond donors (Lipinski definition) is 2. The maximum atomic E-state index is 8.86. The molecule has 6 heteroatoms. The number of nitrogens with two attached hydrogens (primary N) is 1. The second kappa shape index (κ2) is 5.13. The maximum Gasteiger partial charge on any atom is 0.125 e. The zero-order valence-corrected chi connectivity index (χ0v) is 12.2. The Morgan fingerprint density at radius 2 is 2.14 bits per heavy atom. The normalized spacial score (nSPS) is 13.6. The quantitative estimate of drug-likeness (QED) is 0.777. The molecule has 0 aliphatic carbocycles. The predicted octanol–water partition coefficient (Wildman–Crippen LogP) is 2.63. The molecule has 21 heavy (non-hydrogen) atoms. The van der Waals surface area contributed by atoms with Crippen molar-refractivity contribution in [1.82, 2.24) is 15.0 Å². The van der Waals surface area contributed by atoms with E-state index in [9.17, 15) is 0 Å². The Morgan fingerprint density at radius 3 is 2.81 bits per heavy atom. The van der Waals surface area contributed by atoms with Crippen LogP contribution in [-0.2, 0) is 5.54 Å². The van der Waals surface area contributed by atoms with Crippen molar-refractivity contribution < 1.29 is 0 Å². The third kappa shape index (κ3) is 2.44. The molecular weight excluding hydrogens is 282 g/mol. The van der Waals surface area contributed by atoms with E-state index >= 15 is 0 Å². The summed E-state index contributed by atoms with van der Waals surface area (Å²) in [6, 6.07) is 7.66. The highest BCUT2D eigenvalue weighted by molar-refractivity contribution is 7.15. The topological polar surface area (TPSA) is 91.4 Å². The Labute approximate surface area is 126 Å². The van der Waals surface area contributed by atoms with E-state index in [1.54, 1.807) is 30.9 Å². The molecule has 104 valence electrons. The largest absolute Gasteiger partial charge is 0.352 e. The Bertz CT molecular complexity index is 795. The van der Waals surface area contributed by atoms with Crippen molar-refractivity contribution in [2.45, 2.75) is 12.5 Å². The average Bonchev–Trinajstić information content (AvgIpc) is 3.17. The molecule has 1 unspecified atom stereocenters. The van der Waals surface area contributed by atoms with E-state index in [1.807, 2.05) is 19.1 Å². The number of hydrogen-bond acceptors (Lipinski definition) is 5. The van der Waals surface area contributed by atoms with Crippen LogP contribution in [0.5, 0.6) is 0 Å². The van der Waals surface area contributed by atoms with Gasteiger partial charge in [-0.1, -0.05) is 0 Å². The molecule has 3 aromatic rings. The van der Waals surface area contributed by atoms with Crippen molar-refractivity contribution in [1.29, 1.82) is 5.26 Å². The summed E-state index contributed by atoms with van der Waals surface area (Å²) in [5, 5.41) is 9.70. The zero-order chi connectivity index (χ0) is 14.9. The third-order valence-electron chi connectivity index (χ3n) is 3.35. The monoisotopic (exact) mass is 295 g/mol. The molecule has 0 aliphatic rings. The molecule has 0 spiro atoms. The van der Waals surface area contributed by atoms with Crippen LogP contribution in [0.15, 0.2) is 43.0 Å². The first-order valence-electron chi connectivity index (χ1n) is 6.36. The van der Waals surface area contributed by atoms with Gasteiger partial charge in [-0.05, 0) is 30.7 Å². The lowest BCUT2D eigenvalue weighted by atomic mass is 9.93. The van der Waals surface area contributed by atoms with Crippen molar-refractivity contribution in [3.8, 4) is 16.6 Å². The number of nitrogens with one attached hydrogen (secondary N) is 1. The van der Waals surface area contributed by atoms with Crippen molar-refractivity contribution in [2.75, 3.05) is 0 Å². The molecule has 3 heterocycles. The van der Waals surface area contributed by atoms with E-state index in [1.165, 1.54) is 11.3 Å². The number of aromatic nitrogens is 3. The highest BCUT2D eigenvalue weighted by Gasteiger charge is 2.26. The number of aromatic amines is 1. The van der Waals surface area contributed by atoms with Gasteiger partial charge in [0, 0.05) is 35.2 Å². The Morgan fingerprint density at radius 1 is 1.38 bits per heavy atom. The van der Waals surface area contributed by atoms with Crippen molar-refractivity contribution in [3.05, 3.63) is 59.1 Å². The van der Waals surface area contributed by atoms with E-state index in [0.29, 0.717) is 5.69 Å². The molecule has 0 aromatic carbocycles. The number of nitriles is 1. The van der Waals surface area contributed by atoms with Crippen LogP contribution in [0.4, 0.5) is 0 Å². The molecule has 1 atom stereocenters. The Hall–Kier alpha value is -2.49. The highest BCUT2D eigenvalue weighted by atomic mass is 32.1. The number of pyridine rings is 1. The fourth-order valence-electron chi connectivity index (χ4n) is 2.07. The van der Waals surface area contributed by atoms with Crippen LogP contribution in [0, 0.1) is 11.3 Å². The SMILES string of the molecule is CC(N)(c1ccncc1)c1cnc(-c2c[nH]c(C#N)c2)s1. The van der Waals surface area contributed by atoms with Crippen LogP contribution in [0.25, 0.3) is 10.6 Å². The molecule has 3 rings (SSSR count). The van der Waals surface area contributed by atoms with Crippen LogP contribution in [-0.4, -0.2) is 15.0 Å². The number of rotatable bonds is 3. The van der Waals surface area contributed by atoms with E-state index in [4.69, 9.17) is 11.0 Å². The van der Waals surface area contributed by atoms with Gasteiger partial charge in [0.05, 0.1) is 5.54 Å². The number of thiazole rings is 1. The van der Waals surface area contributed by atoms with Crippen molar-refractivity contribution >= 4 is 11.3 Å². The summed E-state index contributed by atoms with van der Waals surface area (Å²) in [4.78, 5) is 12.3. The van der Waals surface area contributed by atoms with Gasteiger partial charge in [0.15, 0.2) is 0 Å². The minimum atomic E-state index is -0.618. The molecule has 0 fully saturated rings. The molecule has 0 amide bonds. The fraction of sp³-hybridized carbons (Fsp3) is 0.133. The lowest BCUT2D eigenvalue weighted by molar-refractivity contribution is 0.614.